The molecule has 1 amide bonds. The van der Waals surface area contributed by atoms with Gasteiger partial charge in [0, 0.05) is 49.6 Å². The highest BCUT2D eigenvalue weighted by atomic mass is 16.5. The van der Waals surface area contributed by atoms with Crippen molar-refractivity contribution in [2.75, 3.05) is 24.5 Å². The van der Waals surface area contributed by atoms with Crippen molar-refractivity contribution in [1.82, 2.24) is 15.3 Å². The van der Waals surface area contributed by atoms with E-state index in [1.54, 1.807) is 6.20 Å². The number of nitrogens with zero attached hydrogens (tertiary/aromatic N) is 3. The number of carbonyl (C=O) groups is 1. The van der Waals surface area contributed by atoms with Gasteiger partial charge < -0.3 is 15.0 Å². The third-order valence-corrected chi connectivity index (χ3v) is 6.82. The van der Waals surface area contributed by atoms with Crippen molar-refractivity contribution < 1.29 is 9.53 Å². The standard InChI is InChI=1S/C22H26N4O2/c1-14-5-3-10-24-20(14)26-12-18-17(19-7-8-22(18,13-26)28-19)11-25-21(27)16-6-4-9-23-15(16)2/h3-6,9-10,17-19H,7-8,11-13H2,1-2H3,(H,25,27)/t17-,18+,19+,22+/m0/s1. The average Bonchev–Trinajstić information content (AvgIpc) is 3.35. The average molecular weight is 378 g/mol. The zero-order valence-electron chi connectivity index (χ0n) is 16.4. The summed E-state index contributed by atoms with van der Waals surface area (Å²) >= 11 is 0. The number of amides is 1. The Morgan fingerprint density at radius 3 is 2.93 bits per heavy atom. The maximum absolute atomic E-state index is 12.6. The van der Waals surface area contributed by atoms with E-state index < -0.39 is 0 Å². The monoisotopic (exact) mass is 378 g/mol. The van der Waals surface area contributed by atoms with E-state index in [0.29, 0.717) is 23.9 Å². The Kier molecular flexibility index (Phi) is 4.12. The number of hydrogen-bond acceptors (Lipinski definition) is 5. The Morgan fingerprint density at radius 2 is 2.11 bits per heavy atom. The summed E-state index contributed by atoms with van der Waals surface area (Å²) in [5.74, 6) is 1.80. The first-order chi connectivity index (χ1) is 13.6. The van der Waals surface area contributed by atoms with Crippen LogP contribution in [0.1, 0.15) is 34.5 Å². The van der Waals surface area contributed by atoms with Gasteiger partial charge in [0.2, 0.25) is 0 Å². The third kappa shape index (κ3) is 2.70. The van der Waals surface area contributed by atoms with E-state index in [-0.39, 0.29) is 17.6 Å². The van der Waals surface area contributed by atoms with Gasteiger partial charge in [0.15, 0.2) is 0 Å². The van der Waals surface area contributed by atoms with Gasteiger partial charge in [-0.25, -0.2) is 4.98 Å². The van der Waals surface area contributed by atoms with Crippen molar-refractivity contribution in [2.24, 2.45) is 11.8 Å². The fourth-order valence-corrected chi connectivity index (χ4v) is 5.46. The van der Waals surface area contributed by atoms with Gasteiger partial charge in [-0.3, -0.25) is 9.78 Å². The second-order valence-electron chi connectivity index (χ2n) is 8.40. The first kappa shape index (κ1) is 17.6. The molecule has 2 aromatic rings. The predicted octanol–water partition coefficient (Wildman–Crippen LogP) is 2.51. The number of fused-ring (bicyclic) bond motifs is 1. The summed E-state index contributed by atoms with van der Waals surface area (Å²) in [7, 11) is 0. The fourth-order valence-electron chi connectivity index (χ4n) is 5.46. The maximum atomic E-state index is 12.6. The number of hydrogen-bond donors (Lipinski definition) is 1. The quantitative estimate of drug-likeness (QED) is 0.885. The second-order valence-corrected chi connectivity index (χ2v) is 8.40. The molecule has 3 fully saturated rings. The molecule has 4 atom stereocenters. The molecule has 0 saturated carbocycles. The van der Waals surface area contributed by atoms with Crippen LogP contribution in [0.2, 0.25) is 0 Å². The van der Waals surface area contributed by atoms with Gasteiger partial charge in [0.1, 0.15) is 5.82 Å². The molecule has 0 aliphatic carbocycles. The van der Waals surface area contributed by atoms with Crippen molar-refractivity contribution in [3.63, 3.8) is 0 Å². The van der Waals surface area contributed by atoms with Crippen LogP contribution in [0, 0.1) is 25.7 Å². The molecule has 3 aliphatic heterocycles. The molecule has 0 aromatic carbocycles. The minimum atomic E-state index is -0.0752. The van der Waals surface area contributed by atoms with Gasteiger partial charge in [-0.2, -0.15) is 0 Å². The van der Waals surface area contributed by atoms with Crippen molar-refractivity contribution in [2.45, 2.75) is 38.4 Å². The second kappa shape index (κ2) is 6.55. The van der Waals surface area contributed by atoms with E-state index in [2.05, 4.69) is 33.2 Å². The van der Waals surface area contributed by atoms with Crippen LogP contribution in [0.3, 0.4) is 0 Å². The fraction of sp³-hybridized carbons (Fsp3) is 0.500. The molecule has 6 nitrogen and oxygen atoms in total. The summed E-state index contributed by atoms with van der Waals surface area (Å²) in [4.78, 5) is 23.8. The number of ether oxygens (including phenoxy) is 1. The van der Waals surface area contributed by atoms with Gasteiger partial charge in [-0.15, -0.1) is 0 Å². The van der Waals surface area contributed by atoms with Gasteiger partial charge in [0.05, 0.1) is 17.3 Å². The molecule has 3 saturated heterocycles. The minimum absolute atomic E-state index is 0.0437. The third-order valence-electron chi connectivity index (χ3n) is 6.82. The van der Waals surface area contributed by atoms with Crippen molar-refractivity contribution in [3.05, 3.63) is 53.5 Å². The minimum Gasteiger partial charge on any atom is -0.369 e. The van der Waals surface area contributed by atoms with Gasteiger partial charge >= 0.3 is 0 Å². The highest BCUT2D eigenvalue weighted by Gasteiger charge is 2.63. The van der Waals surface area contributed by atoms with Crippen molar-refractivity contribution in [3.8, 4) is 0 Å². The zero-order valence-corrected chi connectivity index (χ0v) is 16.4. The van der Waals surface area contributed by atoms with E-state index in [4.69, 9.17) is 4.74 Å². The van der Waals surface area contributed by atoms with Gasteiger partial charge in [0.25, 0.3) is 5.91 Å². The zero-order chi connectivity index (χ0) is 19.3. The molecule has 1 N–H and O–H groups in total. The molecule has 2 aromatic heterocycles. The highest BCUT2D eigenvalue weighted by molar-refractivity contribution is 5.95. The van der Waals surface area contributed by atoms with E-state index in [0.717, 1.165) is 37.4 Å². The summed E-state index contributed by atoms with van der Waals surface area (Å²) in [5, 5.41) is 3.15. The summed E-state index contributed by atoms with van der Waals surface area (Å²) in [6.45, 7) is 6.48. The Hall–Kier alpha value is -2.47. The number of nitrogens with one attached hydrogen (secondary N) is 1. The summed E-state index contributed by atoms with van der Waals surface area (Å²) < 4.78 is 6.52. The molecule has 28 heavy (non-hydrogen) atoms. The Balaban J connectivity index is 1.31. The summed E-state index contributed by atoms with van der Waals surface area (Å²) in [6, 6.07) is 7.73. The lowest BCUT2D eigenvalue weighted by Crippen LogP contribution is -2.42. The van der Waals surface area contributed by atoms with E-state index in [1.165, 1.54) is 5.56 Å². The number of aryl methyl sites for hydroxylation is 2. The first-order valence-corrected chi connectivity index (χ1v) is 10.1. The molecule has 2 bridgehead atoms. The molecule has 0 unspecified atom stereocenters. The molecule has 6 heteroatoms. The van der Waals surface area contributed by atoms with E-state index in [1.807, 2.05) is 31.3 Å². The lowest BCUT2D eigenvalue weighted by atomic mass is 9.73. The molecule has 0 radical (unpaired) electrons. The Labute approximate surface area is 165 Å². The highest BCUT2D eigenvalue weighted by Crippen LogP contribution is 2.55. The molecular weight excluding hydrogens is 352 g/mol. The Morgan fingerprint density at radius 1 is 1.29 bits per heavy atom. The summed E-state index contributed by atoms with van der Waals surface area (Å²) in [6.07, 6.45) is 6.02. The summed E-state index contributed by atoms with van der Waals surface area (Å²) in [5.41, 5.74) is 2.54. The first-order valence-electron chi connectivity index (χ1n) is 10.1. The molecular formula is C22H26N4O2. The lowest BCUT2D eigenvalue weighted by molar-refractivity contribution is 0.0141. The number of carbonyl (C=O) groups excluding carboxylic acids is 1. The number of anilines is 1. The Bertz CT molecular complexity index is 917. The van der Waals surface area contributed by atoms with Crippen LogP contribution >= 0.6 is 0 Å². The molecule has 146 valence electrons. The van der Waals surface area contributed by atoms with Crippen molar-refractivity contribution in [1.29, 1.82) is 0 Å². The van der Waals surface area contributed by atoms with Crippen LogP contribution in [0.15, 0.2) is 36.7 Å². The van der Waals surface area contributed by atoms with Gasteiger partial charge in [-0.1, -0.05) is 6.07 Å². The van der Waals surface area contributed by atoms with Crippen molar-refractivity contribution >= 4 is 11.7 Å². The van der Waals surface area contributed by atoms with Crippen LogP contribution in [-0.4, -0.2) is 47.2 Å². The normalized spacial score (nSPS) is 30.5. The van der Waals surface area contributed by atoms with Crippen LogP contribution in [0.25, 0.3) is 0 Å². The number of rotatable bonds is 4. The van der Waals surface area contributed by atoms with Crippen LogP contribution < -0.4 is 10.2 Å². The van der Waals surface area contributed by atoms with Crippen LogP contribution in [0.5, 0.6) is 0 Å². The SMILES string of the molecule is Cc1cccnc1N1C[C@@H]2[C@H](CNC(=O)c3cccnc3C)[C@H]3CC[C@]2(C1)O3. The number of pyridine rings is 2. The molecule has 3 aliphatic rings. The maximum Gasteiger partial charge on any atom is 0.253 e. The van der Waals surface area contributed by atoms with E-state index >= 15 is 0 Å². The number of aromatic nitrogens is 2. The molecule has 5 heterocycles. The lowest BCUT2D eigenvalue weighted by Gasteiger charge is -2.29. The van der Waals surface area contributed by atoms with E-state index in [9.17, 15) is 4.79 Å². The predicted molar refractivity (Wildman–Crippen MR) is 106 cm³/mol. The topological polar surface area (TPSA) is 67.4 Å². The molecule has 5 rings (SSSR count). The van der Waals surface area contributed by atoms with Gasteiger partial charge in [-0.05, 0) is 50.5 Å². The smallest absolute Gasteiger partial charge is 0.253 e. The van der Waals surface area contributed by atoms with Crippen LogP contribution in [0.4, 0.5) is 5.82 Å². The largest absolute Gasteiger partial charge is 0.369 e. The van der Waals surface area contributed by atoms with Crippen LogP contribution in [-0.2, 0) is 4.74 Å². The molecule has 1 spiro atoms.